The number of hydrogen-bond donors (Lipinski definition) is 1. The second kappa shape index (κ2) is 15.5. The molecule has 0 bridgehead atoms. The van der Waals surface area contributed by atoms with Gasteiger partial charge in [-0.2, -0.15) is 0 Å². The van der Waals surface area contributed by atoms with Crippen LogP contribution < -0.4 is 23.8 Å². The van der Waals surface area contributed by atoms with Crippen LogP contribution in [-0.4, -0.2) is 64.6 Å². The van der Waals surface area contributed by atoms with Crippen LogP contribution in [0.2, 0.25) is 0 Å². The molecule has 0 unspecified atom stereocenters. The predicted octanol–water partition coefficient (Wildman–Crippen LogP) is 4.94. The van der Waals surface area contributed by atoms with E-state index in [2.05, 4.69) is 5.32 Å². The minimum atomic E-state index is -4.31. The van der Waals surface area contributed by atoms with Gasteiger partial charge >= 0.3 is 0 Å². The number of anilines is 1. The Hall–Kier alpha value is -4.25. The Kier molecular flexibility index (Phi) is 12.0. The van der Waals surface area contributed by atoms with Crippen LogP contribution in [0.3, 0.4) is 0 Å². The van der Waals surface area contributed by atoms with Crippen LogP contribution in [0, 0.1) is 6.92 Å². The summed E-state index contributed by atoms with van der Waals surface area (Å²) in [6, 6.07) is 17.4. The largest absolute Gasteiger partial charge is 0.494 e. The lowest BCUT2D eigenvalue weighted by Crippen LogP contribution is -2.53. The fourth-order valence-corrected chi connectivity index (χ4v) is 6.21. The van der Waals surface area contributed by atoms with E-state index in [1.165, 1.54) is 37.3 Å². The number of carbonyl (C=O) groups excluding carboxylic acids is 2. The quantitative estimate of drug-likeness (QED) is 0.255. The van der Waals surface area contributed by atoms with Crippen molar-refractivity contribution in [3.05, 3.63) is 77.9 Å². The maximum atomic E-state index is 14.3. The van der Waals surface area contributed by atoms with Crippen molar-refractivity contribution in [2.75, 3.05) is 31.7 Å². The van der Waals surface area contributed by atoms with Crippen molar-refractivity contribution in [1.29, 1.82) is 0 Å². The molecular weight excluding hydrogens is 582 g/mol. The maximum Gasteiger partial charge on any atom is 0.264 e. The molecule has 0 fully saturated rings. The smallest absolute Gasteiger partial charge is 0.264 e. The number of methoxy groups -OCH3 is 2. The number of nitrogens with zero attached hydrogens (tertiary/aromatic N) is 2. The van der Waals surface area contributed by atoms with Crippen LogP contribution in [0.15, 0.2) is 71.6 Å². The molecular formula is C33H43N3O7S. The zero-order valence-electron chi connectivity index (χ0n) is 26.5. The summed E-state index contributed by atoms with van der Waals surface area (Å²) < 4.78 is 45.7. The SMILES string of the molecule is CCOc1ccc(N(CC(=O)N(Cc2ccccc2C)[C@H](CC)C(=O)NC(C)C)S(=O)(=O)c2ccc(OC)c(OC)c2)cc1. The first-order chi connectivity index (χ1) is 21.0. The van der Waals surface area contributed by atoms with Crippen molar-refractivity contribution in [2.24, 2.45) is 0 Å². The number of benzene rings is 3. The molecule has 3 aromatic rings. The summed E-state index contributed by atoms with van der Waals surface area (Å²) in [5.41, 5.74) is 2.06. The van der Waals surface area contributed by atoms with Gasteiger partial charge in [-0.3, -0.25) is 13.9 Å². The number of aryl methyl sites for hydroxylation is 1. The first-order valence-electron chi connectivity index (χ1n) is 14.6. The molecule has 44 heavy (non-hydrogen) atoms. The molecule has 3 aromatic carbocycles. The Balaban J connectivity index is 2.12. The van der Waals surface area contributed by atoms with Crippen LogP contribution in [-0.2, 0) is 26.2 Å². The molecule has 0 heterocycles. The first-order valence-corrected chi connectivity index (χ1v) is 16.0. The molecule has 0 aromatic heterocycles. The Morgan fingerprint density at radius 1 is 0.909 bits per heavy atom. The van der Waals surface area contributed by atoms with Crippen LogP contribution in [0.1, 0.15) is 45.2 Å². The molecule has 10 nitrogen and oxygen atoms in total. The lowest BCUT2D eigenvalue weighted by atomic mass is 10.1. The highest BCUT2D eigenvalue weighted by atomic mass is 32.2. The molecule has 2 amide bonds. The molecule has 11 heteroatoms. The van der Waals surface area contributed by atoms with Gasteiger partial charge < -0.3 is 24.4 Å². The normalized spacial score (nSPS) is 11.9. The molecule has 1 N–H and O–H groups in total. The van der Waals surface area contributed by atoms with Crippen molar-refractivity contribution in [1.82, 2.24) is 10.2 Å². The second-order valence-corrected chi connectivity index (χ2v) is 12.4. The first kappa shape index (κ1) is 34.2. The summed E-state index contributed by atoms with van der Waals surface area (Å²) in [6.45, 7) is 9.32. The molecule has 0 radical (unpaired) electrons. The predicted molar refractivity (Wildman–Crippen MR) is 171 cm³/mol. The maximum absolute atomic E-state index is 14.3. The summed E-state index contributed by atoms with van der Waals surface area (Å²) in [4.78, 5) is 29.0. The van der Waals surface area contributed by atoms with E-state index in [4.69, 9.17) is 14.2 Å². The Labute approximate surface area is 261 Å². The molecule has 238 valence electrons. The van der Waals surface area contributed by atoms with Gasteiger partial charge in [0.25, 0.3) is 10.0 Å². The highest BCUT2D eigenvalue weighted by Gasteiger charge is 2.34. The molecule has 0 spiro atoms. The third kappa shape index (κ3) is 8.22. The number of hydrogen-bond acceptors (Lipinski definition) is 7. The van der Waals surface area contributed by atoms with Gasteiger partial charge in [0.15, 0.2) is 11.5 Å². The van der Waals surface area contributed by atoms with Crippen molar-refractivity contribution in [3.63, 3.8) is 0 Å². The van der Waals surface area contributed by atoms with Crippen molar-refractivity contribution >= 4 is 27.5 Å². The van der Waals surface area contributed by atoms with Gasteiger partial charge in [-0.15, -0.1) is 0 Å². The van der Waals surface area contributed by atoms with Crippen LogP contribution in [0.5, 0.6) is 17.2 Å². The number of rotatable bonds is 15. The van der Waals surface area contributed by atoms with E-state index in [9.17, 15) is 18.0 Å². The number of carbonyl (C=O) groups is 2. The fourth-order valence-electron chi connectivity index (χ4n) is 4.78. The average molecular weight is 626 g/mol. The second-order valence-electron chi connectivity index (χ2n) is 10.5. The van der Waals surface area contributed by atoms with Gasteiger partial charge in [-0.05, 0) is 81.6 Å². The molecule has 0 saturated heterocycles. The Morgan fingerprint density at radius 2 is 1.57 bits per heavy atom. The molecule has 0 saturated carbocycles. The highest BCUT2D eigenvalue weighted by molar-refractivity contribution is 7.92. The molecule has 1 atom stereocenters. The van der Waals surface area contributed by atoms with E-state index in [1.807, 2.05) is 58.9 Å². The minimum absolute atomic E-state index is 0.0909. The van der Waals surface area contributed by atoms with Crippen molar-refractivity contribution in [2.45, 2.75) is 64.6 Å². The van der Waals surface area contributed by atoms with Gasteiger partial charge in [0.05, 0.1) is 31.4 Å². The van der Waals surface area contributed by atoms with Crippen molar-refractivity contribution in [3.8, 4) is 17.2 Å². The zero-order chi connectivity index (χ0) is 32.4. The van der Waals surface area contributed by atoms with Gasteiger partial charge in [-0.25, -0.2) is 8.42 Å². The third-order valence-corrected chi connectivity index (χ3v) is 8.85. The van der Waals surface area contributed by atoms with Gasteiger partial charge in [0.1, 0.15) is 18.3 Å². The van der Waals surface area contributed by atoms with Gasteiger partial charge in [-0.1, -0.05) is 31.2 Å². The topological polar surface area (TPSA) is 114 Å². The summed E-state index contributed by atoms with van der Waals surface area (Å²) in [7, 11) is -1.44. The van der Waals surface area contributed by atoms with Crippen LogP contribution in [0.4, 0.5) is 5.69 Å². The lowest BCUT2D eigenvalue weighted by molar-refractivity contribution is -0.140. The Bertz CT molecular complexity index is 1520. The summed E-state index contributed by atoms with van der Waals surface area (Å²) in [6.07, 6.45) is 0.335. The molecule has 0 aliphatic carbocycles. The molecule has 3 rings (SSSR count). The lowest BCUT2D eigenvalue weighted by Gasteiger charge is -2.34. The summed E-state index contributed by atoms with van der Waals surface area (Å²) in [5, 5.41) is 2.91. The number of nitrogens with one attached hydrogen (secondary N) is 1. The summed E-state index contributed by atoms with van der Waals surface area (Å²) in [5.74, 6) is 0.311. The van der Waals surface area contributed by atoms with Crippen molar-refractivity contribution < 1.29 is 32.2 Å². The zero-order valence-corrected chi connectivity index (χ0v) is 27.3. The Morgan fingerprint density at radius 3 is 2.14 bits per heavy atom. The van der Waals surface area contributed by atoms with E-state index >= 15 is 0 Å². The van der Waals surface area contributed by atoms with E-state index < -0.39 is 28.5 Å². The monoisotopic (exact) mass is 625 g/mol. The number of ether oxygens (including phenoxy) is 3. The van der Waals surface area contributed by atoms with E-state index in [1.54, 1.807) is 24.3 Å². The summed E-state index contributed by atoms with van der Waals surface area (Å²) >= 11 is 0. The average Bonchev–Trinajstić information content (AvgIpc) is 3.00. The van der Waals surface area contributed by atoms with E-state index in [-0.39, 0.29) is 34.8 Å². The number of amides is 2. The minimum Gasteiger partial charge on any atom is -0.494 e. The fraction of sp³-hybridized carbons (Fsp3) is 0.394. The van der Waals surface area contributed by atoms with Crippen LogP contribution >= 0.6 is 0 Å². The third-order valence-electron chi connectivity index (χ3n) is 7.08. The van der Waals surface area contributed by atoms with E-state index in [0.717, 1.165) is 15.4 Å². The highest BCUT2D eigenvalue weighted by Crippen LogP contribution is 2.33. The number of sulfonamides is 1. The standard InChI is InChI=1S/C33H43N3O7S/c1-8-29(33(38)34-23(3)4)35(21-25-13-11-10-12-24(25)5)32(37)22-36(26-14-16-27(17-15-26)43-9-2)44(39,40)28-18-19-30(41-6)31(20-28)42-7/h10-20,23,29H,8-9,21-22H2,1-7H3,(H,34,38)/t29-/m1/s1. The molecule has 0 aliphatic heterocycles. The molecule has 0 aliphatic rings. The van der Waals surface area contributed by atoms with Crippen LogP contribution in [0.25, 0.3) is 0 Å². The van der Waals surface area contributed by atoms with E-state index in [0.29, 0.717) is 24.5 Å². The van der Waals surface area contributed by atoms with Gasteiger partial charge in [0, 0.05) is 18.7 Å². The van der Waals surface area contributed by atoms with Gasteiger partial charge in [0.2, 0.25) is 11.8 Å².